The number of alkyl halides is 3. The maximum absolute atomic E-state index is 13.0. The summed E-state index contributed by atoms with van der Waals surface area (Å²) in [5.74, 6) is -0.762. The number of carbonyl (C=O) groups is 1. The summed E-state index contributed by atoms with van der Waals surface area (Å²) in [5.41, 5.74) is -0.525. The first-order valence-corrected chi connectivity index (χ1v) is 7.58. The van der Waals surface area contributed by atoms with Crippen LogP contribution in [0.5, 0.6) is 0 Å². The Morgan fingerprint density at radius 3 is 2.48 bits per heavy atom. The van der Waals surface area contributed by atoms with E-state index in [1.807, 2.05) is 0 Å². The smallest absolute Gasteiger partial charge is 0.433 e. The minimum atomic E-state index is -4.62. The molecule has 0 N–H and O–H groups in total. The van der Waals surface area contributed by atoms with E-state index < -0.39 is 17.8 Å². The fourth-order valence-electron chi connectivity index (χ4n) is 1.59. The molecule has 1 heterocycles. The lowest BCUT2D eigenvalue weighted by atomic mass is 10.1. The van der Waals surface area contributed by atoms with E-state index in [4.69, 9.17) is 11.6 Å². The Hall–Kier alpha value is -1.80. The van der Waals surface area contributed by atoms with E-state index >= 15 is 0 Å². The third-order valence-corrected chi connectivity index (χ3v) is 3.76. The van der Waals surface area contributed by atoms with Crippen LogP contribution in [0, 0.1) is 0 Å². The average Bonchev–Trinajstić information content (AvgIpc) is 2.52. The number of rotatable bonds is 4. The number of thioether (sulfide) groups is 1. The lowest BCUT2D eigenvalue weighted by Crippen LogP contribution is -2.11. The summed E-state index contributed by atoms with van der Waals surface area (Å²) in [4.78, 5) is 18.6. The van der Waals surface area contributed by atoms with E-state index in [0.29, 0.717) is 10.6 Å². The van der Waals surface area contributed by atoms with Crippen LogP contribution in [0.25, 0.3) is 11.3 Å². The monoisotopic (exact) mass is 362 g/mol. The summed E-state index contributed by atoms with van der Waals surface area (Å²) >= 11 is 6.54. The Morgan fingerprint density at radius 2 is 1.91 bits per heavy atom. The molecule has 2 rings (SSSR count). The summed E-state index contributed by atoms with van der Waals surface area (Å²) in [7, 11) is 1.19. The second-order valence-electron chi connectivity index (χ2n) is 4.29. The number of methoxy groups -OCH3 is 1. The van der Waals surface area contributed by atoms with Gasteiger partial charge >= 0.3 is 12.1 Å². The molecule has 0 unspecified atom stereocenters. The molecule has 0 aliphatic heterocycles. The zero-order valence-electron chi connectivity index (χ0n) is 11.7. The number of benzene rings is 1. The van der Waals surface area contributed by atoms with Crippen LogP contribution in [0.4, 0.5) is 13.2 Å². The highest BCUT2D eigenvalue weighted by molar-refractivity contribution is 7.99. The zero-order valence-corrected chi connectivity index (χ0v) is 13.3. The fraction of sp³-hybridized carbons (Fsp3) is 0.214. The van der Waals surface area contributed by atoms with Gasteiger partial charge in [-0.05, 0) is 18.2 Å². The van der Waals surface area contributed by atoms with Crippen LogP contribution in [0.15, 0.2) is 35.5 Å². The maximum atomic E-state index is 13.0. The second kappa shape index (κ2) is 7.18. The van der Waals surface area contributed by atoms with Crippen LogP contribution in [0.1, 0.15) is 5.69 Å². The first-order valence-electron chi connectivity index (χ1n) is 6.21. The van der Waals surface area contributed by atoms with Gasteiger partial charge in [-0.3, -0.25) is 4.79 Å². The number of ether oxygens (including phenoxy) is 1. The van der Waals surface area contributed by atoms with Gasteiger partial charge in [0.1, 0.15) is 5.69 Å². The lowest BCUT2D eigenvalue weighted by molar-refractivity contribution is -0.141. The van der Waals surface area contributed by atoms with Gasteiger partial charge in [-0.15, -0.1) is 0 Å². The van der Waals surface area contributed by atoms with Crippen molar-refractivity contribution in [1.82, 2.24) is 9.97 Å². The third kappa shape index (κ3) is 4.84. The van der Waals surface area contributed by atoms with Gasteiger partial charge in [-0.1, -0.05) is 35.5 Å². The number of esters is 1. The molecule has 0 saturated carbocycles. The first kappa shape index (κ1) is 17.6. The standard InChI is InChI=1S/C14H10ClF3N2O2S/c1-22-12(21)7-23-13-19-10(6-11(20-13)14(16,17)18)8-2-4-9(15)5-3-8/h2-6H,7H2,1H3. The quantitative estimate of drug-likeness (QED) is 0.466. The topological polar surface area (TPSA) is 52.1 Å². The number of nitrogens with zero attached hydrogens (tertiary/aromatic N) is 2. The summed E-state index contributed by atoms with van der Waals surface area (Å²) in [5, 5.41) is 0.300. The van der Waals surface area contributed by atoms with Gasteiger partial charge in [0.05, 0.1) is 18.6 Å². The summed E-state index contributed by atoms with van der Waals surface area (Å²) in [6, 6.07) is 7.06. The highest BCUT2D eigenvalue weighted by Crippen LogP contribution is 2.32. The molecule has 0 bridgehead atoms. The molecule has 2 aromatic rings. The van der Waals surface area contributed by atoms with Crippen LogP contribution in [0.3, 0.4) is 0 Å². The molecule has 0 aliphatic rings. The molecular formula is C14H10ClF3N2O2S. The van der Waals surface area contributed by atoms with E-state index in [9.17, 15) is 18.0 Å². The van der Waals surface area contributed by atoms with E-state index in [1.54, 1.807) is 24.3 Å². The summed E-state index contributed by atoms with van der Waals surface area (Å²) in [6.45, 7) is 0. The molecule has 0 fully saturated rings. The molecule has 9 heteroatoms. The predicted octanol–water partition coefficient (Wildman–Crippen LogP) is 4.08. The molecule has 1 aromatic heterocycles. The molecule has 122 valence electrons. The Kier molecular flexibility index (Phi) is 5.48. The van der Waals surface area contributed by atoms with Crippen LogP contribution in [-0.4, -0.2) is 28.8 Å². The molecule has 4 nitrogen and oxygen atoms in total. The molecular weight excluding hydrogens is 353 g/mol. The van der Waals surface area contributed by atoms with Crippen molar-refractivity contribution in [2.24, 2.45) is 0 Å². The molecule has 0 radical (unpaired) electrons. The zero-order chi connectivity index (χ0) is 17.0. The Bertz CT molecular complexity index is 708. The van der Waals surface area contributed by atoms with Gasteiger partial charge in [-0.25, -0.2) is 9.97 Å². The molecule has 1 aromatic carbocycles. The lowest BCUT2D eigenvalue weighted by Gasteiger charge is -2.10. The van der Waals surface area contributed by atoms with E-state index in [-0.39, 0.29) is 16.6 Å². The minimum Gasteiger partial charge on any atom is -0.468 e. The van der Waals surface area contributed by atoms with Crippen LogP contribution in [-0.2, 0) is 15.7 Å². The molecule has 0 atom stereocenters. The molecule has 0 spiro atoms. The number of halogens is 4. The average molecular weight is 363 g/mol. The van der Waals surface area contributed by atoms with Crippen LogP contribution >= 0.6 is 23.4 Å². The number of hydrogen-bond donors (Lipinski definition) is 0. The maximum Gasteiger partial charge on any atom is 0.433 e. The normalized spacial score (nSPS) is 11.3. The summed E-state index contributed by atoms with van der Waals surface area (Å²) < 4.78 is 43.4. The van der Waals surface area contributed by atoms with Crippen molar-refractivity contribution >= 4 is 29.3 Å². The number of hydrogen-bond acceptors (Lipinski definition) is 5. The molecule has 0 aliphatic carbocycles. The van der Waals surface area contributed by atoms with Crippen molar-refractivity contribution in [2.45, 2.75) is 11.3 Å². The third-order valence-electron chi connectivity index (χ3n) is 2.68. The van der Waals surface area contributed by atoms with Gasteiger partial charge in [0, 0.05) is 10.6 Å². The Labute approximate surface area is 139 Å². The number of aromatic nitrogens is 2. The van der Waals surface area contributed by atoms with E-state index in [2.05, 4.69) is 14.7 Å². The fourth-order valence-corrected chi connectivity index (χ4v) is 2.40. The number of carbonyl (C=O) groups excluding carboxylic acids is 1. The summed E-state index contributed by atoms with van der Waals surface area (Å²) in [6.07, 6.45) is -4.62. The predicted molar refractivity (Wildman–Crippen MR) is 80.2 cm³/mol. The van der Waals surface area contributed by atoms with Crippen molar-refractivity contribution in [1.29, 1.82) is 0 Å². The van der Waals surface area contributed by atoms with Gasteiger partial charge in [0.15, 0.2) is 5.16 Å². The van der Waals surface area contributed by atoms with Crippen molar-refractivity contribution in [2.75, 3.05) is 12.9 Å². The van der Waals surface area contributed by atoms with E-state index in [1.165, 1.54) is 7.11 Å². The van der Waals surface area contributed by atoms with Gasteiger partial charge in [0.25, 0.3) is 0 Å². The van der Waals surface area contributed by atoms with E-state index in [0.717, 1.165) is 17.8 Å². The molecule has 0 saturated heterocycles. The van der Waals surface area contributed by atoms with Crippen LogP contribution in [0.2, 0.25) is 5.02 Å². The van der Waals surface area contributed by atoms with Gasteiger partial charge in [-0.2, -0.15) is 13.2 Å². The SMILES string of the molecule is COC(=O)CSc1nc(-c2ccc(Cl)cc2)cc(C(F)(F)F)n1. The molecule has 23 heavy (non-hydrogen) atoms. The van der Waals surface area contributed by atoms with Gasteiger partial charge < -0.3 is 4.74 Å². The van der Waals surface area contributed by atoms with Crippen molar-refractivity contribution < 1.29 is 22.7 Å². The second-order valence-corrected chi connectivity index (χ2v) is 5.67. The highest BCUT2D eigenvalue weighted by Gasteiger charge is 2.34. The van der Waals surface area contributed by atoms with Crippen molar-refractivity contribution in [3.05, 3.63) is 41.0 Å². The highest BCUT2D eigenvalue weighted by atomic mass is 35.5. The van der Waals surface area contributed by atoms with Crippen molar-refractivity contribution in [3.8, 4) is 11.3 Å². The van der Waals surface area contributed by atoms with Crippen molar-refractivity contribution in [3.63, 3.8) is 0 Å². The minimum absolute atomic E-state index is 0.0938. The largest absolute Gasteiger partial charge is 0.468 e. The van der Waals surface area contributed by atoms with Gasteiger partial charge in [0.2, 0.25) is 0 Å². The Balaban J connectivity index is 2.41. The first-order chi connectivity index (χ1) is 10.8. The molecule has 0 amide bonds. The van der Waals surface area contributed by atoms with Crippen LogP contribution < -0.4 is 0 Å². The Morgan fingerprint density at radius 1 is 1.26 bits per heavy atom.